The molecule has 1 rings (SSSR count). The van der Waals surface area contributed by atoms with Crippen molar-refractivity contribution in [3.63, 3.8) is 0 Å². The summed E-state index contributed by atoms with van der Waals surface area (Å²) in [7, 11) is -1.92. The molecule has 1 aromatic rings. The zero-order chi connectivity index (χ0) is 24.0. The van der Waals surface area contributed by atoms with Gasteiger partial charge >= 0.3 is 8.56 Å². The van der Waals surface area contributed by atoms with Crippen molar-refractivity contribution >= 4 is 14.8 Å². The molecule has 0 saturated heterocycles. The maximum Gasteiger partial charge on any atom is 0.334 e. The first-order valence-corrected chi connectivity index (χ1v) is 15.3. The summed E-state index contributed by atoms with van der Waals surface area (Å²) >= 11 is 0. The highest BCUT2D eigenvalue weighted by atomic mass is 28.4. The molecule has 0 aromatic heterocycles. The monoisotopic (exact) mass is 464 g/mol. The van der Waals surface area contributed by atoms with Gasteiger partial charge in [0.05, 0.1) is 5.56 Å². The average Bonchev–Trinajstić information content (AvgIpc) is 2.72. The highest BCUT2D eigenvalue weighted by Gasteiger charge is 2.29. The van der Waals surface area contributed by atoms with Crippen LogP contribution in [-0.4, -0.2) is 33.2 Å². The van der Waals surface area contributed by atoms with Crippen LogP contribution in [0.25, 0.3) is 0 Å². The van der Waals surface area contributed by atoms with E-state index in [0.717, 1.165) is 49.5 Å². The normalized spacial score (nSPS) is 12.3. The Hall–Kier alpha value is -1.17. The molecule has 0 saturated carbocycles. The van der Waals surface area contributed by atoms with Gasteiger partial charge in [-0.1, -0.05) is 78.2 Å². The average molecular weight is 465 g/mol. The fourth-order valence-electron chi connectivity index (χ4n) is 4.33. The summed E-state index contributed by atoms with van der Waals surface area (Å²) in [6.45, 7) is 14.0. The molecule has 1 aromatic carbocycles. The molecule has 0 unspecified atom stereocenters. The number of phenols is 1. The molecule has 0 spiro atoms. The molecule has 5 heteroatoms. The summed E-state index contributed by atoms with van der Waals surface area (Å²) < 4.78 is 11.8. The SMILES string of the molecule is CCO[Si](C)(CCCCCCCCCCCc1cc(C=O)c(O)c(C(C)(C)C)c1)OCC. The Morgan fingerprint density at radius 1 is 0.875 bits per heavy atom. The van der Waals surface area contributed by atoms with Gasteiger partial charge in [-0.3, -0.25) is 4.79 Å². The molecule has 0 aliphatic heterocycles. The van der Waals surface area contributed by atoms with Crippen molar-refractivity contribution in [3.05, 3.63) is 28.8 Å². The van der Waals surface area contributed by atoms with Crippen molar-refractivity contribution in [2.24, 2.45) is 0 Å². The van der Waals surface area contributed by atoms with Crippen molar-refractivity contribution in [2.45, 2.75) is 117 Å². The Labute approximate surface area is 198 Å². The Kier molecular flexibility index (Phi) is 13.4. The van der Waals surface area contributed by atoms with Crippen molar-refractivity contribution in [3.8, 4) is 5.75 Å². The standard InChI is InChI=1S/C27H48O4Si/c1-7-30-32(6,31-8-2)19-17-15-13-11-9-10-12-14-16-18-23-20-24(22-28)26(29)25(21-23)27(3,4)5/h20-22,29H,7-19H2,1-6H3. The van der Waals surface area contributed by atoms with E-state index in [0.29, 0.717) is 5.56 Å². The number of hydrogen-bond acceptors (Lipinski definition) is 4. The van der Waals surface area contributed by atoms with Crippen molar-refractivity contribution < 1.29 is 18.8 Å². The smallest absolute Gasteiger partial charge is 0.334 e. The van der Waals surface area contributed by atoms with Crippen molar-refractivity contribution in [1.82, 2.24) is 0 Å². The summed E-state index contributed by atoms with van der Waals surface area (Å²) in [6.07, 6.45) is 13.1. The van der Waals surface area contributed by atoms with Crippen LogP contribution in [0.15, 0.2) is 12.1 Å². The third-order valence-corrected chi connectivity index (χ3v) is 9.19. The number of phenolic OH excluding ortho intramolecular Hbond substituents is 1. The summed E-state index contributed by atoms with van der Waals surface area (Å²) in [4.78, 5) is 11.3. The van der Waals surface area contributed by atoms with Crippen LogP contribution >= 0.6 is 0 Å². The maximum atomic E-state index is 11.3. The van der Waals surface area contributed by atoms with Gasteiger partial charge in [-0.05, 0) is 56.3 Å². The number of carbonyl (C=O) groups excluding carboxylic acids is 1. The van der Waals surface area contributed by atoms with E-state index >= 15 is 0 Å². The first-order valence-electron chi connectivity index (χ1n) is 12.8. The van der Waals surface area contributed by atoms with Gasteiger partial charge in [-0.2, -0.15) is 0 Å². The number of benzene rings is 1. The number of unbranched alkanes of at least 4 members (excludes halogenated alkanes) is 8. The van der Waals surface area contributed by atoms with Crippen LogP contribution in [0, 0.1) is 0 Å². The van der Waals surface area contributed by atoms with E-state index in [1.165, 1.54) is 51.4 Å². The fourth-order valence-corrected chi connectivity index (χ4v) is 6.82. The van der Waals surface area contributed by atoms with Crippen LogP contribution in [0.3, 0.4) is 0 Å². The summed E-state index contributed by atoms with van der Waals surface area (Å²) in [5.41, 5.74) is 2.26. The minimum Gasteiger partial charge on any atom is -0.507 e. The molecule has 184 valence electrons. The number of carbonyl (C=O) groups is 1. The molecule has 0 atom stereocenters. The minimum absolute atomic E-state index is 0.138. The highest BCUT2D eigenvalue weighted by Crippen LogP contribution is 2.34. The third kappa shape index (κ3) is 10.6. The van der Waals surface area contributed by atoms with Gasteiger partial charge in [0, 0.05) is 18.8 Å². The molecular weight excluding hydrogens is 416 g/mol. The number of aldehydes is 1. The Balaban J connectivity index is 2.20. The van der Waals surface area contributed by atoms with Crippen LogP contribution < -0.4 is 0 Å². The number of hydrogen-bond donors (Lipinski definition) is 1. The topological polar surface area (TPSA) is 55.8 Å². The first kappa shape index (κ1) is 28.9. The lowest BCUT2D eigenvalue weighted by molar-refractivity contribution is 0.112. The molecule has 0 bridgehead atoms. The predicted molar refractivity (Wildman–Crippen MR) is 137 cm³/mol. The van der Waals surface area contributed by atoms with Gasteiger partial charge in [0.15, 0.2) is 6.29 Å². The van der Waals surface area contributed by atoms with Crippen LogP contribution in [0.4, 0.5) is 0 Å². The van der Waals surface area contributed by atoms with E-state index < -0.39 is 8.56 Å². The molecule has 0 radical (unpaired) electrons. The Morgan fingerprint density at radius 2 is 1.38 bits per heavy atom. The first-order chi connectivity index (χ1) is 15.2. The molecule has 1 N–H and O–H groups in total. The molecule has 32 heavy (non-hydrogen) atoms. The molecule has 0 heterocycles. The van der Waals surface area contributed by atoms with Gasteiger partial charge in [-0.15, -0.1) is 0 Å². The van der Waals surface area contributed by atoms with Crippen LogP contribution in [0.2, 0.25) is 12.6 Å². The summed E-state index contributed by atoms with van der Waals surface area (Å²) in [5.74, 6) is 0.138. The highest BCUT2D eigenvalue weighted by molar-refractivity contribution is 6.66. The Bertz CT molecular complexity index is 660. The molecule has 0 aliphatic carbocycles. The van der Waals surface area contributed by atoms with Crippen LogP contribution in [0.1, 0.15) is 114 Å². The maximum absolute atomic E-state index is 11.3. The number of aromatic hydroxyl groups is 1. The van der Waals surface area contributed by atoms with Crippen molar-refractivity contribution in [2.75, 3.05) is 13.2 Å². The quantitative estimate of drug-likeness (QED) is 0.146. The lowest BCUT2D eigenvalue weighted by atomic mass is 9.83. The van der Waals surface area contributed by atoms with E-state index in [2.05, 4.69) is 47.2 Å². The van der Waals surface area contributed by atoms with Gasteiger partial charge < -0.3 is 14.0 Å². The van der Waals surface area contributed by atoms with E-state index in [-0.39, 0.29) is 11.2 Å². The lowest BCUT2D eigenvalue weighted by Gasteiger charge is -2.25. The minimum atomic E-state index is -1.92. The van der Waals surface area contributed by atoms with Crippen molar-refractivity contribution in [1.29, 1.82) is 0 Å². The van der Waals surface area contributed by atoms with E-state index in [9.17, 15) is 9.90 Å². The van der Waals surface area contributed by atoms with Gasteiger partial charge in [-0.25, -0.2) is 0 Å². The molecule has 0 amide bonds. The van der Waals surface area contributed by atoms with Crippen LogP contribution in [-0.2, 0) is 20.7 Å². The second-order valence-corrected chi connectivity index (χ2v) is 13.5. The molecule has 0 aliphatic rings. The molecule has 0 fully saturated rings. The van der Waals surface area contributed by atoms with Crippen LogP contribution in [0.5, 0.6) is 5.75 Å². The fraction of sp³-hybridized carbons (Fsp3) is 0.741. The van der Waals surface area contributed by atoms with E-state index in [1.54, 1.807) is 0 Å². The summed E-state index contributed by atoms with van der Waals surface area (Å²) in [5, 5.41) is 10.3. The second-order valence-electron chi connectivity index (χ2n) is 10.1. The zero-order valence-corrected chi connectivity index (χ0v) is 22.6. The zero-order valence-electron chi connectivity index (χ0n) is 21.6. The lowest BCUT2D eigenvalue weighted by Crippen LogP contribution is -2.38. The number of rotatable bonds is 17. The second kappa shape index (κ2) is 14.9. The molecule has 4 nitrogen and oxygen atoms in total. The largest absolute Gasteiger partial charge is 0.507 e. The molecular formula is C27H48O4Si. The summed E-state index contributed by atoms with van der Waals surface area (Å²) in [6, 6.07) is 5.03. The van der Waals surface area contributed by atoms with E-state index in [1.807, 2.05) is 6.07 Å². The van der Waals surface area contributed by atoms with Gasteiger partial charge in [0.2, 0.25) is 0 Å². The third-order valence-electron chi connectivity index (χ3n) is 6.13. The Morgan fingerprint density at radius 3 is 1.84 bits per heavy atom. The van der Waals surface area contributed by atoms with E-state index in [4.69, 9.17) is 8.85 Å². The van der Waals surface area contributed by atoms with Gasteiger partial charge in [0.25, 0.3) is 0 Å². The number of aryl methyl sites for hydroxylation is 1. The predicted octanol–water partition coefficient (Wildman–Crippen LogP) is 7.70. The van der Waals surface area contributed by atoms with Gasteiger partial charge in [0.1, 0.15) is 5.75 Å².